The number of carbonyl (C=O) groups excluding carboxylic acids is 1. The van der Waals surface area contributed by atoms with Gasteiger partial charge < -0.3 is 0 Å². The number of aryl methyl sites for hydroxylation is 2. The average molecular weight is 404 g/mol. The summed E-state index contributed by atoms with van der Waals surface area (Å²) >= 11 is 0. The van der Waals surface area contributed by atoms with Gasteiger partial charge in [-0.05, 0) is 62.1 Å². The molecule has 30 heavy (non-hydrogen) atoms. The molecule has 1 aliphatic carbocycles. The highest BCUT2D eigenvalue weighted by molar-refractivity contribution is 6.03. The molecule has 2 aromatic carbocycles. The van der Waals surface area contributed by atoms with Crippen LogP contribution in [0.1, 0.15) is 66.8 Å². The molecule has 2 aliphatic rings. The first-order valence-corrected chi connectivity index (χ1v) is 11.3. The van der Waals surface area contributed by atoms with E-state index < -0.39 is 0 Å². The Bertz CT molecular complexity index is 915. The number of benzene rings is 2. The van der Waals surface area contributed by atoms with Crippen LogP contribution in [0, 0.1) is 13.8 Å². The molecule has 0 aromatic heterocycles. The number of carbonyl (C=O) groups is 1. The van der Waals surface area contributed by atoms with Crippen LogP contribution >= 0.6 is 0 Å². The van der Waals surface area contributed by atoms with E-state index in [1.165, 1.54) is 43.2 Å². The lowest BCUT2D eigenvalue weighted by atomic mass is 9.94. The number of hydrogen-bond acceptors (Lipinski definition) is 3. The Kier molecular flexibility index (Phi) is 6.33. The van der Waals surface area contributed by atoms with Crippen molar-refractivity contribution in [2.75, 3.05) is 13.6 Å². The van der Waals surface area contributed by atoms with Gasteiger partial charge in [-0.2, -0.15) is 5.10 Å². The summed E-state index contributed by atoms with van der Waals surface area (Å²) < 4.78 is 0. The lowest BCUT2D eigenvalue weighted by Gasteiger charge is -2.32. The van der Waals surface area contributed by atoms with E-state index >= 15 is 0 Å². The van der Waals surface area contributed by atoms with Gasteiger partial charge in [0.25, 0.3) is 5.91 Å². The van der Waals surface area contributed by atoms with E-state index in [9.17, 15) is 4.79 Å². The third kappa shape index (κ3) is 4.49. The third-order valence-corrected chi connectivity index (χ3v) is 6.77. The molecule has 4 nitrogen and oxygen atoms in total. The van der Waals surface area contributed by atoms with Gasteiger partial charge in [-0.25, -0.2) is 5.01 Å². The van der Waals surface area contributed by atoms with Gasteiger partial charge in [0.15, 0.2) is 0 Å². The molecule has 4 rings (SSSR count). The molecule has 2 aromatic rings. The fourth-order valence-electron chi connectivity index (χ4n) is 4.71. The summed E-state index contributed by atoms with van der Waals surface area (Å²) in [6.45, 7) is 4.68. The van der Waals surface area contributed by atoms with Crippen LogP contribution in [-0.2, 0) is 4.79 Å². The van der Waals surface area contributed by atoms with Crippen molar-refractivity contribution in [1.29, 1.82) is 0 Å². The van der Waals surface area contributed by atoms with E-state index in [-0.39, 0.29) is 11.9 Å². The van der Waals surface area contributed by atoms with Crippen LogP contribution in [0.25, 0.3) is 0 Å². The van der Waals surface area contributed by atoms with Crippen molar-refractivity contribution < 1.29 is 4.79 Å². The highest BCUT2D eigenvalue weighted by Crippen LogP contribution is 2.33. The smallest absolute Gasteiger partial charge is 0.257 e. The standard InChI is InChI=1S/C26H33N3O/c1-19-14-15-22(16-20(19)2)24-17-25(21-10-6-4-7-11-21)29(27-24)26(30)18-28(3)23-12-8-5-9-13-23/h4,6-7,10-11,14-16,23,25H,5,8-9,12-13,17-18H2,1-3H3/t25-/m0/s1. The van der Waals surface area contributed by atoms with Gasteiger partial charge in [-0.3, -0.25) is 9.69 Å². The van der Waals surface area contributed by atoms with Gasteiger partial charge in [0.1, 0.15) is 0 Å². The number of amides is 1. The number of hydrogen-bond donors (Lipinski definition) is 0. The lowest BCUT2D eigenvalue weighted by molar-refractivity contribution is -0.134. The Morgan fingerprint density at radius 2 is 1.77 bits per heavy atom. The summed E-state index contributed by atoms with van der Waals surface area (Å²) in [6, 6.07) is 17.3. The van der Waals surface area contributed by atoms with Crippen molar-refractivity contribution >= 4 is 11.6 Å². The van der Waals surface area contributed by atoms with E-state index in [0.29, 0.717) is 12.6 Å². The predicted octanol–water partition coefficient (Wildman–Crippen LogP) is 5.25. The van der Waals surface area contributed by atoms with Crippen LogP contribution in [-0.4, -0.2) is 41.2 Å². The molecule has 0 spiro atoms. The van der Waals surface area contributed by atoms with E-state index in [2.05, 4.69) is 56.1 Å². The largest absolute Gasteiger partial charge is 0.295 e. The summed E-state index contributed by atoms with van der Waals surface area (Å²) in [7, 11) is 2.09. The molecule has 1 fully saturated rings. The number of nitrogens with zero attached hydrogens (tertiary/aromatic N) is 3. The van der Waals surface area contributed by atoms with Crippen molar-refractivity contribution in [2.24, 2.45) is 5.10 Å². The zero-order valence-corrected chi connectivity index (χ0v) is 18.5. The van der Waals surface area contributed by atoms with E-state index in [0.717, 1.165) is 23.3 Å². The summed E-state index contributed by atoms with van der Waals surface area (Å²) in [5.41, 5.74) is 5.80. The molecule has 0 N–H and O–H groups in total. The second-order valence-corrected chi connectivity index (χ2v) is 8.92. The highest BCUT2D eigenvalue weighted by Gasteiger charge is 2.34. The summed E-state index contributed by atoms with van der Waals surface area (Å²) in [6.07, 6.45) is 7.02. The fraction of sp³-hybridized carbons (Fsp3) is 0.462. The second kappa shape index (κ2) is 9.13. The van der Waals surface area contributed by atoms with Crippen LogP contribution in [0.15, 0.2) is 53.6 Å². The molecule has 1 aliphatic heterocycles. The monoisotopic (exact) mass is 403 g/mol. The van der Waals surface area contributed by atoms with Gasteiger partial charge in [0.05, 0.1) is 18.3 Å². The summed E-state index contributed by atoms with van der Waals surface area (Å²) in [4.78, 5) is 15.6. The molecule has 0 saturated heterocycles. The maximum absolute atomic E-state index is 13.4. The van der Waals surface area contributed by atoms with Crippen molar-refractivity contribution in [1.82, 2.24) is 9.91 Å². The minimum atomic E-state index is -0.0323. The third-order valence-electron chi connectivity index (χ3n) is 6.77. The maximum atomic E-state index is 13.4. The van der Waals surface area contributed by atoms with Gasteiger partial charge in [-0.15, -0.1) is 0 Å². The van der Waals surface area contributed by atoms with Gasteiger partial charge in [0, 0.05) is 12.5 Å². The number of likely N-dealkylation sites (N-methyl/N-ethyl adjacent to an activating group) is 1. The van der Waals surface area contributed by atoms with E-state index in [4.69, 9.17) is 5.10 Å². The normalized spacial score (nSPS) is 19.9. The number of hydrazone groups is 1. The molecule has 1 saturated carbocycles. The Hall–Kier alpha value is -2.46. The number of rotatable bonds is 5. The minimum Gasteiger partial charge on any atom is -0.295 e. The SMILES string of the molecule is Cc1ccc(C2=NN(C(=O)CN(C)C3CCCCC3)[C@H](c3ccccc3)C2)cc1C. The molecular formula is C26H33N3O. The highest BCUT2D eigenvalue weighted by atomic mass is 16.2. The predicted molar refractivity (Wildman–Crippen MR) is 123 cm³/mol. The summed E-state index contributed by atoms with van der Waals surface area (Å²) in [5.74, 6) is 0.0933. The van der Waals surface area contributed by atoms with Crippen molar-refractivity contribution in [3.63, 3.8) is 0 Å². The second-order valence-electron chi connectivity index (χ2n) is 8.92. The average Bonchev–Trinajstić information content (AvgIpc) is 3.22. The molecule has 0 bridgehead atoms. The molecule has 158 valence electrons. The van der Waals surface area contributed by atoms with Crippen LogP contribution in [0.3, 0.4) is 0 Å². The fourth-order valence-corrected chi connectivity index (χ4v) is 4.71. The van der Waals surface area contributed by atoms with E-state index in [1.807, 2.05) is 18.2 Å². The maximum Gasteiger partial charge on any atom is 0.257 e. The lowest BCUT2D eigenvalue weighted by Crippen LogP contribution is -2.41. The quantitative estimate of drug-likeness (QED) is 0.684. The minimum absolute atomic E-state index is 0.0323. The van der Waals surface area contributed by atoms with Gasteiger partial charge in [0.2, 0.25) is 0 Å². The Morgan fingerprint density at radius 3 is 2.47 bits per heavy atom. The van der Waals surface area contributed by atoms with Crippen molar-refractivity contribution in [3.8, 4) is 0 Å². The zero-order chi connectivity index (χ0) is 21.1. The molecule has 1 heterocycles. The topological polar surface area (TPSA) is 35.9 Å². The van der Waals surface area contributed by atoms with Crippen molar-refractivity contribution in [3.05, 3.63) is 70.8 Å². The Morgan fingerprint density at radius 1 is 1.03 bits per heavy atom. The van der Waals surface area contributed by atoms with Crippen LogP contribution in [0.5, 0.6) is 0 Å². The van der Waals surface area contributed by atoms with Crippen molar-refractivity contribution in [2.45, 2.75) is 64.5 Å². The molecule has 0 radical (unpaired) electrons. The first-order valence-electron chi connectivity index (χ1n) is 11.3. The first-order chi connectivity index (χ1) is 14.5. The first kappa shape index (κ1) is 20.8. The van der Waals surface area contributed by atoms with E-state index in [1.54, 1.807) is 5.01 Å². The molecule has 1 atom stereocenters. The van der Waals surface area contributed by atoms with Crippen LogP contribution in [0.2, 0.25) is 0 Å². The van der Waals surface area contributed by atoms with Gasteiger partial charge >= 0.3 is 0 Å². The Balaban J connectivity index is 1.58. The Labute approximate surface area is 180 Å². The van der Waals surface area contributed by atoms with Crippen LogP contribution < -0.4 is 0 Å². The zero-order valence-electron chi connectivity index (χ0n) is 18.5. The molecule has 0 unspecified atom stereocenters. The molecular weight excluding hydrogens is 370 g/mol. The van der Waals surface area contributed by atoms with Crippen LogP contribution in [0.4, 0.5) is 0 Å². The molecule has 4 heteroatoms. The summed E-state index contributed by atoms with van der Waals surface area (Å²) in [5, 5.41) is 6.61. The molecule has 1 amide bonds. The van der Waals surface area contributed by atoms with Gasteiger partial charge in [-0.1, -0.05) is 61.7 Å².